The van der Waals surface area contributed by atoms with Gasteiger partial charge in [0.15, 0.2) is 30.6 Å². The fourth-order valence-electron chi connectivity index (χ4n) is 3.33. The molecule has 0 bridgehead atoms. The van der Waals surface area contributed by atoms with E-state index in [0.29, 0.717) is 42.4 Å². The highest BCUT2D eigenvalue weighted by Gasteiger charge is 2.27. The van der Waals surface area contributed by atoms with Gasteiger partial charge in [-0.25, -0.2) is 4.39 Å². The predicted octanol–water partition coefficient (Wildman–Crippen LogP) is 2.87. The summed E-state index contributed by atoms with van der Waals surface area (Å²) >= 11 is 0. The number of hydrogen-bond acceptors (Lipinski definition) is 5. The number of nitrogens with one attached hydrogen (secondary N) is 1. The van der Waals surface area contributed by atoms with Gasteiger partial charge in [-0.2, -0.15) is 0 Å². The Morgan fingerprint density at radius 3 is 2.77 bits per heavy atom. The Hall–Kier alpha value is -3.42. The second kappa shape index (κ2) is 9.16. The number of rotatable bonds is 9. The minimum Gasteiger partial charge on any atom is -0.482 e. The van der Waals surface area contributed by atoms with Crippen molar-refractivity contribution in [2.45, 2.75) is 31.7 Å². The third-order valence-electron chi connectivity index (χ3n) is 5.15. The summed E-state index contributed by atoms with van der Waals surface area (Å²) in [6.45, 7) is -0.0858. The van der Waals surface area contributed by atoms with Gasteiger partial charge in [-0.3, -0.25) is 14.4 Å². The number of ketones is 1. The van der Waals surface area contributed by atoms with Gasteiger partial charge < -0.3 is 19.7 Å². The molecule has 1 aliphatic heterocycles. The monoisotopic (exact) mass is 426 g/mol. The summed E-state index contributed by atoms with van der Waals surface area (Å²) in [6, 6.07) is 11.0. The molecule has 0 radical (unpaired) electrons. The highest BCUT2D eigenvalue weighted by molar-refractivity contribution is 6.02. The number of hydrogen-bond donors (Lipinski definition) is 1. The van der Waals surface area contributed by atoms with Crippen LogP contribution < -0.4 is 19.7 Å². The zero-order chi connectivity index (χ0) is 21.8. The second-order valence-electron chi connectivity index (χ2n) is 7.60. The zero-order valence-electron chi connectivity index (χ0n) is 16.9. The zero-order valence-corrected chi connectivity index (χ0v) is 16.9. The van der Waals surface area contributed by atoms with Crippen molar-refractivity contribution in [1.82, 2.24) is 5.32 Å². The summed E-state index contributed by atoms with van der Waals surface area (Å²) in [7, 11) is 0. The average molecular weight is 426 g/mol. The molecule has 7 nitrogen and oxygen atoms in total. The fraction of sp³-hybridized carbons (Fsp3) is 0.348. The Morgan fingerprint density at radius 2 is 2.00 bits per heavy atom. The molecule has 8 heteroatoms. The number of carbonyl (C=O) groups is 3. The molecule has 1 aliphatic carbocycles. The number of para-hydroxylation sites is 1. The molecule has 1 saturated carbocycles. The number of Topliss-reactive ketones (excluding diaryl/α,β-unsaturated/α-hetero) is 1. The molecule has 162 valence electrons. The summed E-state index contributed by atoms with van der Waals surface area (Å²) < 4.78 is 24.4. The first-order valence-corrected chi connectivity index (χ1v) is 10.3. The van der Waals surface area contributed by atoms with Gasteiger partial charge in [0, 0.05) is 24.6 Å². The minimum atomic E-state index is -0.545. The van der Waals surface area contributed by atoms with E-state index in [1.807, 2.05) is 0 Å². The van der Waals surface area contributed by atoms with Crippen LogP contribution in [0.1, 0.15) is 36.0 Å². The maximum Gasteiger partial charge on any atom is 0.265 e. The Bertz CT molecular complexity index is 1010. The fourth-order valence-corrected chi connectivity index (χ4v) is 3.33. The highest BCUT2D eigenvalue weighted by atomic mass is 19.1. The Labute approximate surface area is 179 Å². The van der Waals surface area contributed by atoms with Crippen molar-refractivity contribution in [3.05, 3.63) is 53.8 Å². The molecular formula is C23H23FN2O5. The number of halogens is 1. The van der Waals surface area contributed by atoms with Gasteiger partial charge in [0.05, 0.1) is 5.69 Å². The van der Waals surface area contributed by atoms with Crippen molar-refractivity contribution in [3.8, 4) is 11.5 Å². The summed E-state index contributed by atoms with van der Waals surface area (Å²) in [5.41, 5.74) is 0.806. The number of carbonyl (C=O) groups excluding carboxylic acids is 3. The molecule has 0 atom stereocenters. The van der Waals surface area contributed by atoms with E-state index in [0.717, 1.165) is 12.8 Å². The van der Waals surface area contributed by atoms with Gasteiger partial charge in [0.25, 0.3) is 5.91 Å². The lowest BCUT2D eigenvalue weighted by Crippen LogP contribution is -2.40. The average Bonchev–Trinajstić information content (AvgIpc) is 3.58. The molecule has 1 heterocycles. The number of fused-ring (bicyclic) bond motifs is 1. The third-order valence-corrected chi connectivity index (χ3v) is 5.15. The van der Waals surface area contributed by atoms with Crippen LogP contribution in [0.25, 0.3) is 0 Å². The quantitative estimate of drug-likeness (QED) is 0.624. The van der Waals surface area contributed by atoms with Gasteiger partial charge in [0.1, 0.15) is 5.75 Å². The van der Waals surface area contributed by atoms with Gasteiger partial charge in [-0.05, 0) is 49.6 Å². The summed E-state index contributed by atoms with van der Waals surface area (Å²) in [6.07, 6.45) is 2.88. The normalized spacial score (nSPS) is 15.1. The molecule has 31 heavy (non-hydrogen) atoms. The van der Waals surface area contributed by atoms with Crippen molar-refractivity contribution < 1.29 is 28.2 Å². The van der Waals surface area contributed by atoms with Crippen LogP contribution in [0.3, 0.4) is 0 Å². The van der Waals surface area contributed by atoms with E-state index in [4.69, 9.17) is 9.47 Å². The molecule has 1 fully saturated rings. The summed E-state index contributed by atoms with van der Waals surface area (Å²) in [5, 5.41) is 2.93. The molecule has 4 rings (SSSR count). The maximum atomic E-state index is 13.7. The van der Waals surface area contributed by atoms with Gasteiger partial charge in [-0.1, -0.05) is 12.1 Å². The molecular weight excluding hydrogens is 403 g/mol. The second-order valence-corrected chi connectivity index (χ2v) is 7.60. The van der Waals surface area contributed by atoms with Gasteiger partial charge in [0.2, 0.25) is 5.91 Å². The van der Waals surface area contributed by atoms with Crippen LogP contribution in [0.15, 0.2) is 42.5 Å². The Balaban J connectivity index is 1.41. The van der Waals surface area contributed by atoms with E-state index in [-0.39, 0.29) is 36.6 Å². The van der Waals surface area contributed by atoms with Gasteiger partial charge in [-0.15, -0.1) is 0 Å². The van der Waals surface area contributed by atoms with E-state index in [9.17, 15) is 18.8 Å². The highest BCUT2D eigenvalue weighted by Crippen LogP contribution is 2.33. The Kier molecular flexibility index (Phi) is 6.16. The van der Waals surface area contributed by atoms with Crippen LogP contribution in [0.5, 0.6) is 11.5 Å². The molecule has 0 saturated heterocycles. The SMILES string of the molecule is O=C(CCCN1C(=O)COc2ccc(C(=O)COc3ccccc3F)cc21)NC1CC1. The first-order chi connectivity index (χ1) is 15.0. The molecule has 0 unspecified atom stereocenters. The van der Waals surface area contributed by atoms with Crippen LogP contribution in [-0.4, -0.2) is 43.4 Å². The van der Waals surface area contributed by atoms with E-state index in [1.165, 1.54) is 23.1 Å². The smallest absolute Gasteiger partial charge is 0.265 e. The lowest BCUT2D eigenvalue weighted by molar-refractivity contribution is -0.122. The lowest BCUT2D eigenvalue weighted by Gasteiger charge is -2.29. The number of benzene rings is 2. The summed E-state index contributed by atoms with van der Waals surface area (Å²) in [5.74, 6) is -0.656. The standard InChI is InChI=1S/C23H23FN2O5/c24-17-4-1-2-5-20(17)30-13-19(27)15-7-10-21-18(12-15)26(23(29)14-31-21)11-3-6-22(28)25-16-8-9-16/h1-2,4-5,7,10,12,16H,3,6,8-9,11,13-14H2,(H,25,28). The van der Waals surface area contributed by atoms with Gasteiger partial charge >= 0.3 is 0 Å². The van der Waals surface area contributed by atoms with Crippen molar-refractivity contribution in [3.63, 3.8) is 0 Å². The first-order valence-electron chi connectivity index (χ1n) is 10.3. The van der Waals surface area contributed by atoms with E-state index in [2.05, 4.69) is 5.32 Å². The lowest BCUT2D eigenvalue weighted by atomic mass is 10.1. The molecule has 0 spiro atoms. The third kappa shape index (κ3) is 5.20. The number of amides is 2. The largest absolute Gasteiger partial charge is 0.482 e. The van der Waals surface area contributed by atoms with Crippen LogP contribution >= 0.6 is 0 Å². The van der Waals surface area contributed by atoms with Crippen LogP contribution in [0.2, 0.25) is 0 Å². The van der Waals surface area contributed by atoms with Crippen molar-refractivity contribution >= 4 is 23.3 Å². The number of ether oxygens (including phenoxy) is 2. The molecule has 2 aliphatic rings. The van der Waals surface area contributed by atoms with Crippen molar-refractivity contribution in [1.29, 1.82) is 0 Å². The molecule has 2 amide bonds. The predicted molar refractivity (Wildman–Crippen MR) is 111 cm³/mol. The van der Waals surface area contributed by atoms with E-state index in [1.54, 1.807) is 24.3 Å². The van der Waals surface area contributed by atoms with Crippen LogP contribution in [0, 0.1) is 5.82 Å². The minimum absolute atomic E-state index is 0.00146. The molecule has 2 aromatic carbocycles. The topological polar surface area (TPSA) is 84.9 Å². The van der Waals surface area contributed by atoms with E-state index >= 15 is 0 Å². The Morgan fingerprint density at radius 1 is 1.19 bits per heavy atom. The number of anilines is 1. The summed E-state index contributed by atoms with van der Waals surface area (Å²) in [4.78, 5) is 38.4. The van der Waals surface area contributed by atoms with Crippen LogP contribution in [0.4, 0.5) is 10.1 Å². The van der Waals surface area contributed by atoms with E-state index < -0.39 is 5.82 Å². The number of nitrogens with zero attached hydrogens (tertiary/aromatic N) is 1. The van der Waals surface area contributed by atoms with Crippen molar-refractivity contribution in [2.24, 2.45) is 0 Å². The molecule has 1 N–H and O–H groups in total. The molecule has 0 aromatic heterocycles. The first kappa shape index (κ1) is 20.8. The maximum absolute atomic E-state index is 13.7. The van der Waals surface area contributed by atoms with Crippen LogP contribution in [-0.2, 0) is 9.59 Å². The van der Waals surface area contributed by atoms with Crippen molar-refractivity contribution in [2.75, 3.05) is 24.7 Å². The molecule has 2 aromatic rings.